The molecule has 1 aliphatic heterocycles. The fraction of sp³-hybridized carbons (Fsp3) is 0.577. The van der Waals surface area contributed by atoms with Crippen LogP contribution in [0.1, 0.15) is 57.8 Å². The van der Waals surface area contributed by atoms with Crippen LogP contribution in [0.4, 0.5) is 4.79 Å². The molecular weight excluding hydrogens is 514 g/mol. The minimum absolute atomic E-state index is 0.0249. The zero-order chi connectivity index (χ0) is 28.4. The zero-order valence-electron chi connectivity index (χ0n) is 22.9. The number of carbonyl (C=O) groups excluding carboxylic acids is 2. The van der Waals surface area contributed by atoms with E-state index in [0.717, 1.165) is 0 Å². The fourth-order valence-electron chi connectivity index (χ4n) is 3.29. The van der Waals surface area contributed by atoms with Crippen molar-refractivity contribution in [3.05, 3.63) is 47.2 Å². The van der Waals surface area contributed by atoms with E-state index in [1.807, 2.05) is 25.1 Å². The van der Waals surface area contributed by atoms with Crippen LogP contribution in [0.25, 0.3) is 0 Å². The highest BCUT2D eigenvalue weighted by molar-refractivity contribution is 6.62. The molecule has 1 aromatic rings. The number of esters is 1. The number of carboxylic acid groups (broad SMARTS) is 1. The normalized spacial score (nSPS) is 14.9. The van der Waals surface area contributed by atoms with Gasteiger partial charge in [-0.15, -0.1) is 0 Å². The lowest BCUT2D eigenvalue weighted by atomic mass is 10.1. The third kappa shape index (κ3) is 12.7. The van der Waals surface area contributed by atoms with Crippen LogP contribution in [0.3, 0.4) is 0 Å². The Kier molecular flexibility index (Phi) is 16.2. The zero-order valence-corrected chi connectivity index (χ0v) is 23.9. The molecule has 11 nitrogen and oxygen atoms in total. The lowest BCUT2D eigenvalue weighted by Crippen LogP contribution is -2.47. The summed E-state index contributed by atoms with van der Waals surface area (Å²) >= 11 is 0. The second-order valence-electron chi connectivity index (χ2n) is 7.94. The smallest absolute Gasteiger partial charge is 0.478 e. The van der Waals surface area contributed by atoms with Gasteiger partial charge in [-0.05, 0) is 46.2 Å². The quantitative estimate of drug-likeness (QED) is 0.132. The van der Waals surface area contributed by atoms with Crippen LogP contribution >= 0.6 is 0 Å². The van der Waals surface area contributed by atoms with Gasteiger partial charge in [-0.1, -0.05) is 31.5 Å². The summed E-state index contributed by atoms with van der Waals surface area (Å²) in [6.45, 7) is 11.3. The molecule has 1 saturated heterocycles. The number of epoxide rings is 1. The second-order valence-corrected chi connectivity index (χ2v) is 10.5. The van der Waals surface area contributed by atoms with Gasteiger partial charge in [0.15, 0.2) is 0 Å². The van der Waals surface area contributed by atoms with Crippen LogP contribution in [0.2, 0.25) is 6.04 Å². The first-order valence-corrected chi connectivity index (χ1v) is 14.8. The number of allylic oxidation sites excluding steroid dienone is 1. The van der Waals surface area contributed by atoms with Crippen molar-refractivity contribution in [2.45, 2.75) is 59.6 Å². The molecule has 1 heterocycles. The maximum atomic E-state index is 11.9. The number of hydrogen-bond donors (Lipinski definition) is 2. The Labute approximate surface area is 225 Å². The molecule has 0 aromatic heterocycles. The maximum Gasteiger partial charge on any atom is 0.505 e. The SMILES string of the molecule is CCCC(NC(=O)OCC)=C(C[Si](OCC)(OCC)OCC)C(=O)O.O=C(OCC1CO1)c1ccccc1. The average molecular weight is 556 g/mol. The number of nitrogens with one attached hydrogen (secondary N) is 1. The molecule has 0 aliphatic carbocycles. The molecule has 1 unspecified atom stereocenters. The first-order chi connectivity index (χ1) is 18.2. The number of carbonyl (C=O) groups is 3. The number of benzene rings is 1. The van der Waals surface area contributed by atoms with Gasteiger partial charge in [0, 0.05) is 25.5 Å². The molecule has 38 heavy (non-hydrogen) atoms. The van der Waals surface area contributed by atoms with Gasteiger partial charge in [-0.3, -0.25) is 5.32 Å². The van der Waals surface area contributed by atoms with Crippen molar-refractivity contribution in [3.63, 3.8) is 0 Å². The third-order valence-corrected chi connectivity index (χ3v) is 7.92. The second kappa shape index (κ2) is 18.5. The highest BCUT2D eigenvalue weighted by atomic mass is 28.4. The van der Waals surface area contributed by atoms with Crippen molar-refractivity contribution in [2.75, 3.05) is 39.6 Å². The highest BCUT2D eigenvalue weighted by Gasteiger charge is 2.43. The predicted octanol–water partition coefficient (Wildman–Crippen LogP) is 4.16. The topological polar surface area (TPSA) is 142 Å². The van der Waals surface area contributed by atoms with Gasteiger partial charge < -0.3 is 32.6 Å². The van der Waals surface area contributed by atoms with E-state index in [-0.39, 0.29) is 30.3 Å². The van der Waals surface area contributed by atoms with Gasteiger partial charge in [0.1, 0.15) is 12.7 Å². The number of amides is 1. The monoisotopic (exact) mass is 555 g/mol. The molecule has 0 spiro atoms. The minimum atomic E-state index is -3.21. The molecule has 1 aromatic carbocycles. The van der Waals surface area contributed by atoms with Gasteiger partial charge in [0.2, 0.25) is 0 Å². The molecule has 0 saturated carbocycles. The van der Waals surface area contributed by atoms with Crippen LogP contribution < -0.4 is 5.32 Å². The summed E-state index contributed by atoms with van der Waals surface area (Å²) in [6.07, 6.45) is 0.495. The van der Waals surface area contributed by atoms with Gasteiger partial charge >= 0.3 is 26.8 Å². The van der Waals surface area contributed by atoms with Crippen LogP contribution in [0.5, 0.6) is 0 Å². The summed E-state index contributed by atoms with van der Waals surface area (Å²) in [6, 6.07) is 8.92. The molecule has 214 valence electrons. The van der Waals surface area contributed by atoms with Gasteiger partial charge in [0.25, 0.3) is 0 Å². The summed E-state index contributed by atoms with van der Waals surface area (Å²) in [5.41, 5.74) is 0.907. The van der Waals surface area contributed by atoms with Crippen molar-refractivity contribution >= 4 is 26.8 Å². The predicted molar refractivity (Wildman–Crippen MR) is 142 cm³/mol. The third-order valence-electron chi connectivity index (χ3n) is 4.95. The summed E-state index contributed by atoms with van der Waals surface area (Å²) in [5.74, 6) is -1.42. The number of alkyl carbamates (subject to hydrolysis) is 1. The number of rotatable bonds is 16. The van der Waals surface area contributed by atoms with E-state index in [9.17, 15) is 19.5 Å². The van der Waals surface area contributed by atoms with Crippen LogP contribution in [0, 0.1) is 0 Å². The Balaban J connectivity index is 0.000000457. The van der Waals surface area contributed by atoms with E-state index in [4.69, 9.17) is 27.5 Å². The number of carboxylic acids is 1. The first kappa shape index (κ1) is 33.3. The van der Waals surface area contributed by atoms with Crippen LogP contribution in [-0.2, 0) is 32.3 Å². The summed E-state index contributed by atoms with van der Waals surface area (Å²) in [5, 5.41) is 12.2. The van der Waals surface area contributed by atoms with Gasteiger partial charge in [0.05, 0.1) is 30.4 Å². The molecule has 0 radical (unpaired) electrons. The summed E-state index contributed by atoms with van der Waals surface area (Å²) in [7, 11) is -3.21. The number of ether oxygens (including phenoxy) is 3. The molecule has 0 bridgehead atoms. The molecule has 1 fully saturated rings. The summed E-state index contributed by atoms with van der Waals surface area (Å²) in [4.78, 5) is 34.9. The minimum Gasteiger partial charge on any atom is -0.478 e. The highest BCUT2D eigenvalue weighted by Crippen LogP contribution is 2.25. The molecule has 1 amide bonds. The van der Waals surface area contributed by atoms with Crippen LogP contribution in [-0.4, -0.2) is 77.7 Å². The van der Waals surface area contributed by atoms with E-state index in [0.29, 0.717) is 57.1 Å². The van der Waals surface area contributed by atoms with Crippen LogP contribution in [0.15, 0.2) is 41.6 Å². The first-order valence-electron chi connectivity index (χ1n) is 12.9. The Morgan fingerprint density at radius 2 is 1.53 bits per heavy atom. The Bertz CT molecular complexity index is 872. The van der Waals surface area contributed by atoms with Crippen molar-refractivity contribution in [3.8, 4) is 0 Å². The number of aliphatic carboxylic acids is 1. The van der Waals surface area contributed by atoms with E-state index < -0.39 is 20.9 Å². The Hall–Kier alpha value is -2.77. The van der Waals surface area contributed by atoms with E-state index >= 15 is 0 Å². The van der Waals surface area contributed by atoms with E-state index in [1.165, 1.54) is 0 Å². The van der Waals surface area contributed by atoms with Crippen molar-refractivity contribution in [2.24, 2.45) is 0 Å². The van der Waals surface area contributed by atoms with Gasteiger partial charge in [-0.25, -0.2) is 14.4 Å². The van der Waals surface area contributed by atoms with Crippen molar-refractivity contribution in [1.29, 1.82) is 0 Å². The number of hydrogen-bond acceptors (Lipinski definition) is 9. The average Bonchev–Trinajstić information content (AvgIpc) is 3.72. The lowest BCUT2D eigenvalue weighted by Gasteiger charge is -2.29. The largest absolute Gasteiger partial charge is 0.505 e. The Morgan fingerprint density at radius 3 is 1.97 bits per heavy atom. The van der Waals surface area contributed by atoms with Gasteiger partial charge in [-0.2, -0.15) is 0 Å². The fourth-order valence-corrected chi connectivity index (χ4v) is 5.96. The molecule has 2 rings (SSSR count). The maximum absolute atomic E-state index is 11.9. The Morgan fingerprint density at radius 1 is 0.947 bits per heavy atom. The van der Waals surface area contributed by atoms with Crippen molar-refractivity contribution in [1.82, 2.24) is 5.32 Å². The molecule has 2 N–H and O–H groups in total. The molecular formula is C26H41NO10Si. The van der Waals surface area contributed by atoms with E-state index in [2.05, 4.69) is 5.32 Å². The summed E-state index contributed by atoms with van der Waals surface area (Å²) < 4.78 is 31.9. The molecule has 12 heteroatoms. The molecule has 1 aliphatic rings. The molecule has 1 atom stereocenters. The van der Waals surface area contributed by atoms with Crippen molar-refractivity contribution < 1.29 is 47.0 Å². The standard InChI is InChI=1S/C16H31NO7Si.C10H10O3/c1-6-11-14(17-16(20)21-7-2)13(15(18)19)12-25(22-8-3,23-9-4)24-10-5;11-10(13-7-9-6-12-9)8-4-2-1-3-5-8/h6-12H2,1-5H3,(H,17,20)(H,18,19);1-5,9H,6-7H2. The lowest BCUT2D eigenvalue weighted by molar-refractivity contribution is -0.132. The van der Waals surface area contributed by atoms with E-state index in [1.54, 1.807) is 39.8 Å².